The van der Waals surface area contributed by atoms with Crippen molar-refractivity contribution in [2.75, 3.05) is 7.11 Å². The molecule has 1 atom stereocenters. The molecule has 1 aliphatic carbocycles. The Morgan fingerprint density at radius 3 is 2.30 bits per heavy atom. The molecule has 0 N–H and O–H groups in total. The zero-order valence-corrected chi connectivity index (χ0v) is 12.4. The minimum absolute atomic E-state index is 0.0409. The molecule has 1 unspecified atom stereocenters. The molecule has 1 saturated carbocycles. The zero-order valence-electron chi connectivity index (χ0n) is 11.6. The molecule has 4 nitrogen and oxygen atoms in total. The third-order valence-corrected chi connectivity index (χ3v) is 6.02. The van der Waals surface area contributed by atoms with Gasteiger partial charge >= 0.3 is 0 Å². The molecular formula is C15H19NO3S. The second-order valence-electron chi connectivity index (χ2n) is 5.17. The Labute approximate surface area is 120 Å². The van der Waals surface area contributed by atoms with E-state index in [1.165, 1.54) is 19.2 Å². The summed E-state index contributed by atoms with van der Waals surface area (Å²) in [5.74, 6) is 0.566. The minimum atomic E-state index is -3.59. The average Bonchev–Trinajstić information content (AvgIpc) is 2.49. The van der Waals surface area contributed by atoms with E-state index in [0.717, 1.165) is 32.1 Å². The summed E-state index contributed by atoms with van der Waals surface area (Å²) in [6.45, 7) is 0. The van der Waals surface area contributed by atoms with E-state index >= 15 is 0 Å². The first-order valence-corrected chi connectivity index (χ1v) is 8.42. The topological polar surface area (TPSA) is 67.2 Å². The molecule has 0 radical (unpaired) electrons. The lowest BCUT2D eigenvalue weighted by Gasteiger charge is -2.25. The number of hydrogen-bond acceptors (Lipinski definition) is 4. The van der Waals surface area contributed by atoms with Gasteiger partial charge in [0, 0.05) is 0 Å². The summed E-state index contributed by atoms with van der Waals surface area (Å²) in [4.78, 5) is 0.204. The summed E-state index contributed by atoms with van der Waals surface area (Å²) in [5, 5.41) is 8.39. The Bertz CT molecular complexity index is 581. The van der Waals surface area contributed by atoms with Gasteiger partial charge in [0.2, 0.25) is 0 Å². The van der Waals surface area contributed by atoms with Crippen LogP contribution in [0.15, 0.2) is 29.2 Å². The van der Waals surface area contributed by atoms with Gasteiger partial charge in [0.15, 0.2) is 15.1 Å². The summed E-state index contributed by atoms with van der Waals surface area (Å²) < 4.78 is 30.2. The van der Waals surface area contributed by atoms with Crippen LogP contribution in [-0.4, -0.2) is 20.8 Å². The smallest absolute Gasteiger partial charge is 0.194 e. The van der Waals surface area contributed by atoms with E-state index in [9.17, 15) is 13.7 Å². The Hall–Kier alpha value is -1.54. The highest BCUT2D eigenvalue weighted by Gasteiger charge is 2.35. The van der Waals surface area contributed by atoms with Gasteiger partial charge in [-0.15, -0.1) is 0 Å². The third-order valence-electron chi connectivity index (χ3n) is 3.93. The molecular weight excluding hydrogens is 274 g/mol. The van der Waals surface area contributed by atoms with Gasteiger partial charge in [-0.2, -0.15) is 5.26 Å². The number of hydrogen-bond donors (Lipinski definition) is 0. The van der Waals surface area contributed by atoms with E-state index in [4.69, 9.17) is 4.74 Å². The van der Waals surface area contributed by atoms with E-state index in [-0.39, 0.29) is 10.8 Å². The first-order chi connectivity index (χ1) is 9.59. The van der Waals surface area contributed by atoms with Gasteiger partial charge in [0.1, 0.15) is 5.75 Å². The molecule has 1 aliphatic rings. The van der Waals surface area contributed by atoms with Crippen LogP contribution in [0.3, 0.4) is 0 Å². The summed E-state index contributed by atoms with van der Waals surface area (Å²) in [5.41, 5.74) is 0. The molecule has 0 aromatic heterocycles. The maximum Gasteiger partial charge on any atom is 0.194 e. The fourth-order valence-corrected chi connectivity index (χ4v) is 4.50. The Morgan fingerprint density at radius 2 is 1.80 bits per heavy atom. The van der Waals surface area contributed by atoms with Crippen LogP contribution in [0, 0.1) is 17.2 Å². The van der Waals surface area contributed by atoms with Gasteiger partial charge in [-0.25, -0.2) is 8.42 Å². The minimum Gasteiger partial charge on any atom is -0.497 e. The normalized spacial score (nSPS) is 18.2. The fraction of sp³-hybridized carbons (Fsp3) is 0.533. The van der Waals surface area contributed by atoms with E-state index in [0.29, 0.717) is 5.75 Å². The molecule has 0 spiro atoms. The van der Waals surface area contributed by atoms with Crippen molar-refractivity contribution < 1.29 is 13.2 Å². The zero-order chi connectivity index (χ0) is 14.6. The molecule has 0 saturated heterocycles. The lowest BCUT2D eigenvalue weighted by atomic mass is 9.87. The number of rotatable bonds is 4. The lowest BCUT2D eigenvalue weighted by Crippen LogP contribution is -2.30. The molecule has 0 heterocycles. The van der Waals surface area contributed by atoms with Crippen molar-refractivity contribution in [3.63, 3.8) is 0 Å². The van der Waals surface area contributed by atoms with Crippen LogP contribution >= 0.6 is 0 Å². The van der Waals surface area contributed by atoms with Crippen molar-refractivity contribution in [3.05, 3.63) is 24.3 Å². The maximum absolute atomic E-state index is 12.6. The lowest BCUT2D eigenvalue weighted by molar-refractivity contribution is 0.362. The highest BCUT2D eigenvalue weighted by Crippen LogP contribution is 2.32. The van der Waals surface area contributed by atoms with E-state index < -0.39 is 15.1 Å². The van der Waals surface area contributed by atoms with Crippen LogP contribution in [0.2, 0.25) is 0 Å². The van der Waals surface area contributed by atoms with Gasteiger partial charge in [-0.1, -0.05) is 19.3 Å². The second-order valence-corrected chi connectivity index (χ2v) is 7.24. The van der Waals surface area contributed by atoms with Crippen LogP contribution in [0.1, 0.15) is 32.1 Å². The largest absolute Gasteiger partial charge is 0.497 e. The number of methoxy groups -OCH3 is 1. The standard InChI is InChI=1S/C15H19NO3S/c1-19-13-7-9-14(10-8-13)20(17,18)15(11-16)12-5-3-2-4-6-12/h7-10,12,15H,2-6H2,1H3. The Kier molecular flexibility index (Phi) is 4.66. The second kappa shape index (κ2) is 6.27. The maximum atomic E-state index is 12.6. The predicted molar refractivity (Wildman–Crippen MR) is 76.2 cm³/mol. The summed E-state index contributed by atoms with van der Waals surface area (Å²) in [7, 11) is -2.06. The molecule has 20 heavy (non-hydrogen) atoms. The number of ether oxygens (including phenoxy) is 1. The molecule has 1 fully saturated rings. The van der Waals surface area contributed by atoms with Crippen molar-refractivity contribution in [1.29, 1.82) is 5.26 Å². The van der Waals surface area contributed by atoms with Gasteiger partial charge < -0.3 is 4.74 Å². The number of benzene rings is 1. The first kappa shape index (κ1) is 14.9. The average molecular weight is 293 g/mol. The van der Waals surface area contributed by atoms with E-state index in [2.05, 4.69) is 0 Å². The molecule has 0 bridgehead atoms. The summed E-state index contributed by atoms with van der Waals surface area (Å²) in [6.07, 6.45) is 4.82. The highest BCUT2D eigenvalue weighted by molar-refractivity contribution is 7.92. The van der Waals surface area contributed by atoms with Crippen molar-refractivity contribution in [1.82, 2.24) is 0 Å². The van der Waals surface area contributed by atoms with Crippen molar-refractivity contribution in [2.45, 2.75) is 42.2 Å². The predicted octanol–water partition coefficient (Wildman–Crippen LogP) is 2.94. The molecule has 1 aromatic carbocycles. The molecule has 0 amide bonds. The van der Waals surface area contributed by atoms with Gasteiger partial charge in [-0.05, 0) is 43.0 Å². The van der Waals surface area contributed by atoms with Crippen LogP contribution < -0.4 is 4.74 Å². The van der Waals surface area contributed by atoms with Gasteiger partial charge in [0.05, 0.1) is 18.1 Å². The highest BCUT2D eigenvalue weighted by atomic mass is 32.2. The van der Waals surface area contributed by atoms with Crippen LogP contribution in [0.25, 0.3) is 0 Å². The van der Waals surface area contributed by atoms with Gasteiger partial charge in [0.25, 0.3) is 0 Å². The van der Waals surface area contributed by atoms with Gasteiger partial charge in [-0.3, -0.25) is 0 Å². The molecule has 5 heteroatoms. The molecule has 2 rings (SSSR count). The molecule has 1 aromatic rings. The fourth-order valence-electron chi connectivity index (χ4n) is 2.78. The molecule has 0 aliphatic heterocycles. The first-order valence-electron chi connectivity index (χ1n) is 6.87. The van der Waals surface area contributed by atoms with Crippen LogP contribution in [-0.2, 0) is 9.84 Å². The van der Waals surface area contributed by atoms with E-state index in [1.54, 1.807) is 12.1 Å². The quantitative estimate of drug-likeness (QED) is 0.856. The van der Waals surface area contributed by atoms with Crippen molar-refractivity contribution in [2.24, 2.45) is 5.92 Å². The Balaban J connectivity index is 2.28. The molecule has 108 valence electrons. The van der Waals surface area contributed by atoms with Crippen molar-refractivity contribution in [3.8, 4) is 11.8 Å². The SMILES string of the molecule is COc1ccc(S(=O)(=O)C(C#N)C2CCCCC2)cc1. The number of nitrogens with zero attached hydrogens (tertiary/aromatic N) is 1. The monoisotopic (exact) mass is 293 g/mol. The van der Waals surface area contributed by atoms with E-state index in [1.807, 2.05) is 6.07 Å². The van der Waals surface area contributed by atoms with Crippen LogP contribution in [0.4, 0.5) is 0 Å². The summed E-state index contributed by atoms with van der Waals surface area (Å²) in [6, 6.07) is 8.28. The third kappa shape index (κ3) is 2.96. The van der Waals surface area contributed by atoms with Crippen molar-refractivity contribution >= 4 is 9.84 Å². The number of sulfone groups is 1. The van der Waals surface area contributed by atoms with Crippen LogP contribution in [0.5, 0.6) is 5.75 Å². The summed E-state index contributed by atoms with van der Waals surface area (Å²) >= 11 is 0. The number of nitriles is 1. The Morgan fingerprint density at radius 1 is 1.20 bits per heavy atom.